The van der Waals surface area contributed by atoms with Gasteiger partial charge in [0.25, 0.3) is 0 Å². The van der Waals surface area contributed by atoms with Crippen molar-refractivity contribution in [2.75, 3.05) is 13.7 Å². The van der Waals surface area contributed by atoms with Crippen molar-refractivity contribution in [2.24, 2.45) is 0 Å². The first-order valence-electron chi connectivity index (χ1n) is 4.54. The van der Waals surface area contributed by atoms with Crippen LogP contribution in [0.15, 0.2) is 18.2 Å². The summed E-state index contributed by atoms with van der Waals surface area (Å²) < 4.78 is 4.92. The van der Waals surface area contributed by atoms with Crippen molar-refractivity contribution in [3.05, 3.63) is 33.9 Å². The van der Waals surface area contributed by atoms with E-state index in [9.17, 15) is 15.2 Å². The first kappa shape index (κ1) is 11.3. The molecule has 1 aromatic rings. The zero-order valence-electron chi connectivity index (χ0n) is 8.64. The minimum absolute atomic E-state index is 0.0191. The molecule has 0 bridgehead atoms. The van der Waals surface area contributed by atoms with Crippen molar-refractivity contribution >= 4 is 0 Å². The molecule has 0 amide bonds. The van der Waals surface area contributed by atoms with Crippen LogP contribution in [0.2, 0.25) is 0 Å². The molecule has 82 valence electrons. The molecule has 1 aromatic carbocycles. The van der Waals surface area contributed by atoms with Crippen LogP contribution in [-0.4, -0.2) is 23.7 Å². The molecule has 0 aliphatic heterocycles. The Morgan fingerprint density at radius 1 is 1.60 bits per heavy atom. The van der Waals surface area contributed by atoms with Gasteiger partial charge in [-0.1, -0.05) is 19.1 Å². The molecule has 0 aliphatic carbocycles. The molecule has 1 atom stereocenters. The van der Waals surface area contributed by atoms with Gasteiger partial charge in [0.05, 0.1) is 7.11 Å². The predicted octanol–water partition coefficient (Wildman–Crippen LogP) is 1.78. The number of hydrogen-bond donors (Lipinski definition) is 1. The second-order valence-electron chi connectivity index (χ2n) is 3.31. The van der Waals surface area contributed by atoms with E-state index in [0.717, 1.165) is 0 Å². The number of para-hydroxylation sites is 1. The molecule has 0 aromatic heterocycles. The lowest BCUT2D eigenvalue weighted by molar-refractivity contribution is -0.482. The average Bonchev–Trinajstić information content (AvgIpc) is 2.17. The fourth-order valence-electron chi connectivity index (χ4n) is 1.42. The molecule has 1 N–H and O–H groups in total. The largest absolute Gasteiger partial charge is 0.504 e. The Kier molecular flexibility index (Phi) is 3.49. The summed E-state index contributed by atoms with van der Waals surface area (Å²) in [4.78, 5) is 9.94. The van der Waals surface area contributed by atoms with Crippen LogP contribution in [0.5, 0.6) is 11.5 Å². The van der Waals surface area contributed by atoms with Crippen molar-refractivity contribution < 1.29 is 14.8 Å². The molecule has 15 heavy (non-hydrogen) atoms. The number of nitrogens with zero attached hydrogens (tertiary/aromatic N) is 1. The Bertz CT molecular complexity index is 364. The van der Waals surface area contributed by atoms with Gasteiger partial charge < -0.3 is 9.84 Å². The minimum atomic E-state index is -0.399. The highest BCUT2D eigenvalue weighted by Gasteiger charge is 2.17. The number of aromatic hydroxyl groups is 1. The number of rotatable bonds is 4. The molecule has 0 radical (unpaired) electrons. The molecule has 0 saturated heterocycles. The summed E-state index contributed by atoms with van der Waals surface area (Å²) in [6.07, 6.45) is 0. The van der Waals surface area contributed by atoms with Gasteiger partial charge in [0, 0.05) is 16.4 Å². The van der Waals surface area contributed by atoms with E-state index in [4.69, 9.17) is 4.74 Å². The normalized spacial score (nSPS) is 12.1. The number of benzene rings is 1. The Morgan fingerprint density at radius 3 is 2.80 bits per heavy atom. The molecule has 0 saturated carbocycles. The number of phenolic OH excluding ortho intramolecular Hbond substituents is 1. The van der Waals surface area contributed by atoms with Crippen LogP contribution in [0, 0.1) is 10.1 Å². The Labute approximate surface area is 87.5 Å². The summed E-state index contributed by atoms with van der Waals surface area (Å²) in [5, 5.41) is 20.1. The zero-order valence-corrected chi connectivity index (χ0v) is 8.64. The highest BCUT2D eigenvalue weighted by molar-refractivity contribution is 5.46. The van der Waals surface area contributed by atoms with Crippen LogP contribution >= 0.6 is 0 Å². The van der Waals surface area contributed by atoms with Gasteiger partial charge in [0.2, 0.25) is 6.54 Å². The van der Waals surface area contributed by atoms with Crippen LogP contribution in [0.4, 0.5) is 0 Å². The lowest BCUT2D eigenvalue weighted by Crippen LogP contribution is -2.09. The van der Waals surface area contributed by atoms with Crippen molar-refractivity contribution in [3.63, 3.8) is 0 Å². The molecule has 0 spiro atoms. The monoisotopic (exact) mass is 211 g/mol. The van der Waals surface area contributed by atoms with Crippen molar-refractivity contribution in [1.82, 2.24) is 0 Å². The van der Waals surface area contributed by atoms with Crippen molar-refractivity contribution in [3.8, 4) is 11.5 Å². The Hall–Kier alpha value is -1.78. The van der Waals surface area contributed by atoms with Crippen LogP contribution in [0.1, 0.15) is 18.4 Å². The summed E-state index contributed by atoms with van der Waals surface area (Å²) in [7, 11) is 1.44. The van der Waals surface area contributed by atoms with E-state index in [1.807, 2.05) is 0 Å². The molecule has 0 fully saturated rings. The quantitative estimate of drug-likeness (QED) is 0.608. The third-order valence-corrected chi connectivity index (χ3v) is 2.20. The molecule has 0 unspecified atom stereocenters. The minimum Gasteiger partial charge on any atom is -0.504 e. The third-order valence-electron chi connectivity index (χ3n) is 2.20. The van der Waals surface area contributed by atoms with Gasteiger partial charge in [-0.15, -0.1) is 0 Å². The van der Waals surface area contributed by atoms with E-state index in [1.54, 1.807) is 25.1 Å². The molecule has 0 aliphatic rings. The van der Waals surface area contributed by atoms with E-state index in [-0.39, 0.29) is 18.2 Å². The summed E-state index contributed by atoms with van der Waals surface area (Å²) >= 11 is 0. The Morgan fingerprint density at radius 2 is 2.27 bits per heavy atom. The maximum absolute atomic E-state index is 10.3. The summed E-state index contributed by atoms with van der Waals surface area (Å²) in [5.41, 5.74) is 0.533. The maximum Gasteiger partial charge on any atom is 0.210 e. The van der Waals surface area contributed by atoms with Gasteiger partial charge in [0.1, 0.15) is 0 Å². The fourth-order valence-corrected chi connectivity index (χ4v) is 1.42. The SMILES string of the molecule is COc1cccc([C@H](C)C[N+](=O)[O-])c1O. The lowest BCUT2D eigenvalue weighted by Gasteiger charge is -2.11. The van der Waals surface area contributed by atoms with Crippen LogP contribution in [-0.2, 0) is 0 Å². The van der Waals surface area contributed by atoms with Gasteiger partial charge in [0.15, 0.2) is 11.5 Å². The van der Waals surface area contributed by atoms with E-state index in [2.05, 4.69) is 0 Å². The van der Waals surface area contributed by atoms with Gasteiger partial charge in [-0.25, -0.2) is 0 Å². The molecular weight excluding hydrogens is 198 g/mol. The van der Waals surface area contributed by atoms with Crippen molar-refractivity contribution in [1.29, 1.82) is 0 Å². The van der Waals surface area contributed by atoms with Crippen LogP contribution < -0.4 is 4.74 Å². The second kappa shape index (κ2) is 4.63. The topological polar surface area (TPSA) is 72.6 Å². The maximum atomic E-state index is 10.3. The van der Waals surface area contributed by atoms with E-state index < -0.39 is 4.92 Å². The molecular formula is C10H13NO4. The van der Waals surface area contributed by atoms with Crippen molar-refractivity contribution in [2.45, 2.75) is 12.8 Å². The van der Waals surface area contributed by atoms with E-state index in [1.165, 1.54) is 7.11 Å². The summed E-state index contributed by atoms with van der Waals surface area (Å²) in [6.45, 7) is 1.48. The first-order valence-corrected chi connectivity index (χ1v) is 4.54. The first-order chi connectivity index (χ1) is 7.06. The molecule has 1 rings (SSSR count). The molecule has 0 heterocycles. The predicted molar refractivity (Wildman–Crippen MR) is 54.9 cm³/mol. The fraction of sp³-hybridized carbons (Fsp3) is 0.400. The number of methoxy groups -OCH3 is 1. The average molecular weight is 211 g/mol. The second-order valence-corrected chi connectivity index (χ2v) is 3.31. The number of nitro groups is 1. The van der Waals surface area contributed by atoms with Gasteiger partial charge >= 0.3 is 0 Å². The van der Waals surface area contributed by atoms with Gasteiger partial charge in [-0.3, -0.25) is 10.1 Å². The van der Waals surface area contributed by atoms with E-state index >= 15 is 0 Å². The highest BCUT2D eigenvalue weighted by atomic mass is 16.6. The summed E-state index contributed by atoms with van der Waals surface area (Å²) in [5.74, 6) is -0.0212. The highest BCUT2D eigenvalue weighted by Crippen LogP contribution is 2.34. The van der Waals surface area contributed by atoms with Gasteiger partial charge in [-0.2, -0.15) is 0 Å². The summed E-state index contributed by atoms with van der Waals surface area (Å²) in [6, 6.07) is 4.97. The molecule has 5 nitrogen and oxygen atoms in total. The number of ether oxygens (including phenoxy) is 1. The lowest BCUT2D eigenvalue weighted by atomic mass is 10.00. The zero-order chi connectivity index (χ0) is 11.4. The van der Waals surface area contributed by atoms with E-state index in [0.29, 0.717) is 11.3 Å². The van der Waals surface area contributed by atoms with Crippen LogP contribution in [0.25, 0.3) is 0 Å². The third kappa shape index (κ3) is 2.59. The number of phenols is 1. The van der Waals surface area contributed by atoms with Crippen LogP contribution in [0.3, 0.4) is 0 Å². The van der Waals surface area contributed by atoms with Gasteiger partial charge in [-0.05, 0) is 6.07 Å². The number of hydrogen-bond acceptors (Lipinski definition) is 4. The molecule has 5 heteroatoms. The standard InChI is InChI=1S/C10H13NO4/c1-7(6-11(13)14)8-4-3-5-9(15-2)10(8)12/h3-5,7,12H,6H2,1-2H3/t7-/m1/s1. The smallest absolute Gasteiger partial charge is 0.210 e. The Balaban J connectivity index is 2.98.